The number of halogens is 1. The second-order valence-corrected chi connectivity index (χ2v) is 7.55. The molecule has 0 radical (unpaired) electrons. The van der Waals surface area contributed by atoms with E-state index >= 15 is 0 Å². The fourth-order valence-corrected chi connectivity index (χ4v) is 3.44. The van der Waals surface area contributed by atoms with Crippen LogP contribution in [0.2, 0.25) is 5.02 Å². The van der Waals surface area contributed by atoms with E-state index in [0.29, 0.717) is 23.9 Å². The van der Waals surface area contributed by atoms with Gasteiger partial charge in [-0.3, -0.25) is 4.79 Å². The Morgan fingerprint density at radius 1 is 1.07 bits per heavy atom. The maximum absolute atomic E-state index is 12.6. The number of carbonyl (C=O) groups is 2. The van der Waals surface area contributed by atoms with Crippen molar-refractivity contribution >= 4 is 23.5 Å². The van der Waals surface area contributed by atoms with Crippen LogP contribution in [0.25, 0.3) is 0 Å². The molecule has 0 bridgehead atoms. The highest BCUT2D eigenvalue weighted by Crippen LogP contribution is 2.15. The van der Waals surface area contributed by atoms with Crippen molar-refractivity contribution in [1.82, 2.24) is 4.90 Å². The molecule has 1 heterocycles. The lowest BCUT2D eigenvalue weighted by Crippen LogP contribution is -3.13. The first-order chi connectivity index (χ1) is 14.0. The third-order valence-electron chi connectivity index (χ3n) is 4.91. The summed E-state index contributed by atoms with van der Waals surface area (Å²) in [6.45, 7) is 5.37. The molecular formula is C22H26ClN2O4+. The number of rotatable bonds is 7. The van der Waals surface area contributed by atoms with Crippen molar-refractivity contribution in [2.24, 2.45) is 0 Å². The summed E-state index contributed by atoms with van der Waals surface area (Å²) >= 11 is 5.81. The number of ether oxygens (including phenoxy) is 2. The van der Waals surface area contributed by atoms with Gasteiger partial charge in [-0.2, -0.15) is 0 Å². The van der Waals surface area contributed by atoms with Crippen LogP contribution in [0.15, 0.2) is 54.6 Å². The highest BCUT2D eigenvalue weighted by molar-refractivity contribution is 6.30. The highest BCUT2D eigenvalue weighted by atomic mass is 35.5. The Labute approximate surface area is 176 Å². The maximum atomic E-state index is 12.6. The molecule has 6 nitrogen and oxygen atoms in total. The molecular weight excluding hydrogens is 392 g/mol. The molecule has 1 N–H and O–H groups in total. The van der Waals surface area contributed by atoms with E-state index in [2.05, 4.69) is 12.1 Å². The van der Waals surface area contributed by atoms with Gasteiger partial charge in [0.25, 0.3) is 5.91 Å². The van der Waals surface area contributed by atoms with Crippen molar-refractivity contribution in [3.05, 3.63) is 65.2 Å². The smallest absolute Gasteiger partial charge is 0.344 e. The monoisotopic (exact) mass is 417 g/mol. The number of hydrogen-bond acceptors (Lipinski definition) is 4. The lowest BCUT2D eigenvalue weighted by molar-refractivity contribution is -0.917. The van der Waals surface area contributed by atoms with Crippen LogP contribution < -0.4 is 9.64 Å². The molecule has 0 aromatic heterocycles. The lowest BCUT2D eigenvalue weighted by atomic mass is 10.2. The van der Waals surface area contributed by atoms with Crippen molar-refractivity contribution in [3.8, 4) is 5.75 Å². The number of quaternary nitrogens is 1. The SMILES string of the molecule is C[C@H](OC(=O)COc1ccc(Cl)cc1)C(=O)N1CC[NH+](Cc2ccccc2)CC1. The van der Waals surface area contributed by atoms with E-state index in [1.807, 2.05) is 18.2 Å². The molecule has 1 amide bonds. The number of piperazine rings is 1. The Hall–Kier alpha value is -2.57. The molecule has 154 valence electrons. The molecule has 1 saturated heterocycles. The van der Waals surface area contributed by atoms with Crippen LogP contribution in [0, 0.1) is 0 Å². The van der Waals surface area contributed by atoms with Crippen LogP contribution in [0.5, 0.6) is 5.75 Å². The second kappa shape index (κ2) is 10.3. The topological polar surface area (TPSA) is 60.3 Å². The van der Waals surface area contributed by atoms with Crippen molar-refractivity contribution < 1.29 is 24.0 Å². The summed E-state index contributed by atoms with van der Waals surface area (Å²) in [5, 5.41) is 0.588. The molecule has 1 aliphatic heterocycles. The average molecular weight is 418 g/mol. The van der Waals surface area contributed by atoms with Gasteiger partial charge in [-0.15, -0.1) is 0 Å². The van der Waals surface area contributed by atoms with Gasteiger partial charge in [-0.05, 0) is 31.2 Å². The first kappa shape index (κ1) is 21.1. The molecule has 2 aromatic rings. The summed E-state index contributed by atoms with van der Waals surface area (Å²) in [6, 6.07) is 17.0. The second-order valence-electron chi connectivity index (χ2n) is 7.11. The van der Waals surface area contributed by atoms with Crippen LogP contribution in [0.3, 0.4) is 0 Å². The first-order valence-electron chi connectivity index (χ1n) is 9.75. The van der Waals surface area contributed by atoms with Gasteiger partial charge in [0.1, 0.15) is 12.3 Å². The lowest BCUT2D eigenvalue weighted by Gasteiger charge is -2.33. The fourth-order valence-electron chi connectivity index (χ4n) is 3.32. The molecule has 0 spiro atoms. The minimum absolute atomic E-state index is 0.163. The van der Waals surface area contributed by atoms with Crippen LogP contribution in [-0.2, 0) is 20.9 Å². The molecule has 1 fully saturated rings. The largest absolute Gasteiger partial charge is 0.482 e. The van der Waals surface area contributed by atoms with E-state index in [9.17, 15) is 9.59 Å². The van der Waals surface area contributed by atoms with Crippen molar-refractivity contribution in [2.45, 2.75) is 19.6 Å². The van der Waals surface area contributed by atoms with Gasteiger partial charge in [0.2, 0.25) is 0 Å². The number of amides is 1. The fraction of sp³-hybridized carbons (Fsp3) is 0.364. The van der Waals surface area contributed by atoms with E-state index in [1.165, 1.54) is 10.5 Å². The summed E-state index contributed by atoms with van der Waals surface area (Å²) in [6.07, 6.45) is -0.827. The zero-order valence-corrected chi connectivity index (χ0v) is 17.2. The van der Waals surface area contributed by atoms with E-state index < -0.39 is 12.1 Å². The first-order valence-corrected chi connectivity index (χ1v) is 10.1. The molecule has 0 aliphatic carbocycles. The number of esters is 1. The van der Waals surface area contributed by atoms with E-state index in [4.69, 9.17) is 21.1 Å². The third kappa shape index (κ3) is 6.48. The molecule has 29 heavy (non-hydrogen) atoms. The predicted molar refractivity (Wildman–Crippen MR) is 110 cm³/mol. The average Bonchev–Trinajstić information content (AvgIpc) is 2.74. The van der Waals surface area contributed by atoms with E-state index in [1.54, 1.807) is 36.1 Å². The molecule has 2 aromatic carbocycles. The number of carbonyl (C=O) groups excluding carboxylic acids is 2. The Morgan fingerprint density at radius 2 is 1.72 bits per heavy atom. The Morgan fingerprint density at radius 3 is 2.38 bits per heavy atom. The third-order valence-corrected chi connectivity index (χ3v) is 5.16. The molecule has 1 atom stereocenters. The van der Waals surface area contributed by atoms with Gasteiger partial charge in [-0.1, -0.05) is 41.9 Å². The summed E-state index contributed by atoms with van der Waals surface area (Å²) in [7, 11) is 0. The van der Waals surface area contributed by atoms with Crippen molar-refractivity contribution in [2.75, 3.05) is 32.8 Å². The van der Waals surface area contributed by atoms with Crippen LogP contribution >= 0.6 is 11.6 Å². The quantitative estimate of drug-likeness (QED) is 0.695. The summed E-state index contributed by atoms with van der Waals surface area (Å²) in [4.78, 5) is 27.8. The highest BCUT2D eigenvalue weighted by Gasteiger charge is 2.28. The number of nitrogens with one attached hydrogen (secondary N) is 1. The number of hydrogen-bond donors (Lipinski definition) is 1. The zero-order chi connectivity index (χ0) is 20.6. The maximum Gasteiger partial charge on any atom is 0.344 e. The van der Waals surface area contributed by atoms with E-state index in [0.717, 1.165) is 19.6 Å². The van der Waals surface area contributed by atoms with Crippen LogP contribution in [-0.4, -0.2) is 55.7 Å². The van der Waals surface area contributed by atoms with E-state index in [-0.39, 0.29) is 12.5 Å². The van der Waals surface area contributed by atoms with Crippen LogP contribution in [0.1, 0.15) is 12.5 Å². The molecule has 0 saturated carbocycles. The Bertz CT molecular complexity index is 805. The molecule has 1 aliphatic rings. The summed E-state index contributed by atoms with van der Waals surface area (Å²) in [5.74, 6) is -0.222. The van der Waals surface area contributed by atoms with Gasteiger partial charge in [-0.25, -0.2) is 4.79 Å². The van der Waals surface area contributed by atoms with Gasteiger partial charge in [0, 0.05) is 10.6 Å². The predicted octanol–water partition coefficient (Wildman–Crippen LogP) is 1.58. The minimum Gasteiger partial charge on any atom is -0.482 e. The summed E-state index contributed by atoms with van der Waals surface area (Å²) in [5.41, 5.74) is 1.30. The molecule has 0 unspecified atom stereocenters. The normalized spacial score (nSPS) is 15.6. The van der Waals surface area contributed by atoms with Gasteiger partial charge >= 0.3 is 5.97 Å². The number of nitrogens with zero attached hydrogens (tertiary/aromatic N) is 1. The van der Waals surface area contributed by atoms with Crippen LogP contribution in [0.4, 0.5) is 0 Å². The Balaban J connectivity index is 1.39. The van der Waals surface area contributed by atoms with Gasteiger partial charge in [0.05, 0.1) is 26.2 Å². The van der Waals surface area contributed by atoms with Gasteiger partial charge in [0.15, 0.2) is 12.7 Å². The zero-order valence-electron chi connectivity index (χ0n) is 16.5. The molecule has 7 heteroatoms. The van der Waals surface area contributed by atoms with Gasteiger partial charge < -0.3 is 19.3 Å². The minimum atomic E-state index is -0.827. The summed E-state index contributed by atoms with van der Waals surface area (Å²) < 4.78 is 10.6. The standard InChI is InChI=1S/C22H25ClN2O4/c1-17(29-21(26)16-28-20-9-7-19(23)8-10-20)22(27)25-13-11-24(12-14-25)15-18-5-3-2-4-6-18/h2-10,17H,11-16H2,1H3/p+1/t17-/m0/s1. The Kier molecular flexibility index (Phi) is 7.49. The number of benzene rings is 2. The van der Waals surface area contributed by atoms with Crippen molar-refractivity contribution in [1.29, 1.82) is 0 Å². The van der Waals surface area contributed by atoms with Crippen molar-refractivity contribution in [3.63, 3.8) is 0 Å². The molecule has 3 rings (SSSR count).